The molecule has 0 bridgehead atoms. The molecule has 142 valence electrons. The minimum absolute atomic E-state index is 0.0110. The molecule has 3 heterocycles. The molecule has 0 radical (unpaired) electrons. The normalized spacial score (nSPS) is 11.6. The van der Waals surface area contributed by atoms with Crippen LogP contribution >= 0.6 is 0 Å². The second-order valence-corrected chi connectivity index (χ2v) is 8.60. The highest BCUT2D eigenvalue weighted by atomic mass is 32.2. The van der Waals surface area contributed by atoms with Crippen LogP contribution in [0.5, 0.6) is 0 Å². The lowest BCUT2D eigenvalue weighted by atomic mass is 10.1. The van der Waals surface area contributed by atoms with Crippen molar-refractivity contribution in [3.05, 3.63) is 30.6 Å². The number of anilines is 2. The summed E-state index contributed by atoms with van der Waals surface area (Å²) in [5.74, 6) is 0.209. The van der Waals surface area contributed by atoms with Gasteiger partial charge in [0.15, 0.2) is 14.9 Å². The van der Waals surface area contributed by atoms with Crippen LogP contribution in [0.25, 0.3) is 22.2 Å². The van der Waals surface area contributed by atoms with Gasteiger partial charge in [-0.15, -0.1) is 0 Å². The number of fused-ring (bicyclic) bond motifs is 1. The monoisotopic (exact) mass is 387 g/mol. The minimum Gasteiger partial charge on any atom is -0.378 e. The first-order chi connectivity index (χ1) is 12.6. The predicted molar refractivity (Wildman–Crippen MR) is 106 cm³/mol. The van der Waals surface area contributed by atoms with Crippen molar-refractivity contribution in [3.63, 3.8) is 0 Å². The molecule has 1 amide bonds. The van der Waals surface area contributed by atoms with Crippen LogP contribution in [0.4, 0.5) is 11.5 Å². The number of amides is 1. The van der Waals surface area contributed by atoms with Crippen molar-refractivity contribution in [1.29, 1.82) is 0 Å². The van der Waals surface area contributed by atoms with Gasteiger partial charge in [0.1, 0.15) is 5.82 Å². The van der Waals surface area contributed by atoms with Crippen LogP contribution in [-0.4, -0.2) is 49.2 Å². The van der Waals surface area contributed by atoms with E-state index in [1.54, 1.807) is 18.3 Å². The number of aryl methyl sites for hydroxylation is 1. The van der Waals surface area contributed by atoms with Crippen LogP contribution in [0.3, 0.4) is 0 Å². The zero-order valence-corrected chi connectivity index (χ0v) is 16.6. The summed E-state index contributed by atoms with van der Waals surface area (Å²) in [7, 11) is 2.08. The largest absolute Gasteiger partial charge is 0.378 e. The van der Waals surface area contributed by atoms with Crippen molar-refractivity contribution in [1.82, 2.24) is 14.5 Å². The summed E-state index contributed by atoms with van der Waals surface area (Å²) in [5.41, 5.74) is 2.87. The van der Waals surface area contributed by atoms with E-state index in [0.717, 1.165) is 28.4 Å². The molecule has 3 aromatic rings. The van der Waals surface area contributed by atoms with E-state index in [4.69, 9.17) is 0 Å². The maximum absolute atomic E-state index is 12.1. The average Bonchev–Trinajstić information content (AvgIpc) is 2.89. The first-order valence-corrected chi connectivity index (χ1v) is 10.1. The lowest BCUT2D eigenvalue weighted by molar-refractivity contribution is -0.114. The van der Waals surface area contributed by atoms with Crippen LogP contribution in [0.2, 0.25) is 0 Å². The number of carbonyl (C=O) groups is 1. The minimum atomic E-state index is -3.47. The Morgan fingerprint density at radius 2 is 1.93 bits per heavy atom. The number of nitrogens with one attached hydrogen (secondary N) is 1. The number of sulfone groups is 1. The van der Waals surface area contributed by atoms with Gasteiger partial charge in [0.25, 0.3) is 0 Å². The van der Waals surface area contributed by atoms with Gasteiger partial charge in [0.05, 0.1) is 17.4 Å². The molecule has 0 aromatic carbocycles. The fraction of sp³-hybridized carbons (Fsp3) is 0.278. The Kier molecular flexibility index (Phi) is 4.64. The molecule has 3 aromatic heterocycles. The van der Waals surface area contributed by atoms with Gasteiger partial charge in [0, 0.05) is 57.2 Å². The average molecular weight is 387 g/mol. The van der Waals surface area contributed by atoms with Gasteiger partial charge in [0.2, 0.25) is 5.91 Å². The van der Waals surface area contributed by atoms with Crippen LogP contribution in [0, 0.1) is 0 Å². The van der Waals surface area contributed by atoms with Crippen molar-refractivity contribution >= 4 is 38.2 Å². The summed E-state index contributed by atoms with van der Waals surface area (Å²) in [4.78, 5) is 21.8. The highest BCUT2D eigenvalue weighted by Gasteiger charge is 2.17. The van der Waals surface area contributed by atoms with Crippen molar-refractivity contribution in [2.75, 3.05) is 30.6 Å². The Morgan fingerprint density at radius 3 is 2.52 bits per heavy atom. The maximum atomic E-state index is 12.1. The van der Waals surface area contributed by atoms with E-state index in [9.17, 15) is 13.2 Å². The number of aromatic nitrogens is 3. The molecule has 0 aliphatic heterocycles. The number of carbonyl (C=O) groups excluding carboxylic acids is 1. The van der Waals surface area contributed by atoms with E-state index < -0.39 is 9.84 Å². The van der Waals surface area contributed by atoms with Crippen LogP contribution < -0.4 is 10.2 Å². The van der Waals surface area contributed by atoms with Crippen molar-refractivity contribution in [3.8, 4) is 11.3 Å². The third-order valence-electron chi connectivity index (χ3n) is 4.14. The molecule has 0 atom stereocenters. The lowest BCUT2D eigenvalue weighted by Crippen LogP contribution is -2.11. The summed E-state index contributed by atoms with van der Waals surface area (Å²) < 4.78 is 26.1. The molecule has 0 fully saturated rings. The van der Waals surface area contributed by atoms with Gasteiger partial charge in [-0.2, -0.15) is 0 Å². The van der Waals surface area contributed by atoms with E-state index in [-0.39, 0.29) is 10.9 Å². The SMILES string of the molecule is CC(=O)Nc1cc2c(-c3cc(N(C)C)cc(S(C)(=O)=O)n3)cn(C)c2cn1. The number of nitrogens with zero attached hydrogens (tertiary/aromatic N) is 4. The fourth-order valence-corrected chi connectivity index (χ4v) is 3.41. The topological polar surface area (TPSA) is 97.2 Å². The smallest absolute Gasteiger partial charge is 0.222 e. The molecule has 0 aliphatic rings. The fourth-order valence-electron chi connectivity index (χ4n) is 2.81. The molecule has 8 nitrogen and oxygen atoms in total. The van der Waals surface area contributed by atoms with E-state index in [1.165, 1.54) is 6.92 Å². The van der Waals surface area contributed by atoms with Gasteiger partial charge in [-0.3, -0.25) is 4.79 Å². The maximum Gasteiger partial charge on any atom is 0.222 e. The van der Waals surface area contributed by atoms with E-state index >= 15 is 0 Å². The molecule has 0 unspecified atom stereocenters. The number of rotatable bonds is 4. The Hall–Kier alpha value is -2.94. The molecule has 1 N–H and O–H groups in total. The van der Waals surface area contributed by atoms with Crippen molar-refractivity contribution < 1.29 is 13.2 Å². The molecule has 0 aliphatic carbocycles. The number of hydrogen-bond acceptors (Lipinski definition) is 6. The molecule has 0 saturated carbocycles. The number of hydrogen-bond donors (Lipinski definition) is 1. The van der Waals surface area contributed by atoms with Gasteiger partial charge in [-0.05, 0) is 18.2 Å². The van der Waals surface area contributed by atoms with Gasteiger partial charge < -0.3 is 14.8 Å². The first-order valence-electron chi connectivity index (χ1n) is 8.19. The standard InChI is InChI=1S/C18H21N5O3S/c1-11(24)20-17-8-13-14(10-23(4)16(13)9-19-17)15-6-12(22(2)3)7-18(21-15)27(5,25)26/h6-10H,1-5H3,(H,19,20,24). The van der Waals surface area contributed by atoms with Gasteiger partial charge in [-0.1, -0.05) is 0 Å². The summed E-state index contributed by atoms with van der Waals surface area (Å²) in [6, 6.07) is 5.15. The molecule has 0 saturated heterocycles. The zero-order chi connectivity index (χ0) is 19.9. The van der Waals surface area contributed by atoms with Crippen molar-refractivity contribution in [2.24, 2.45) is 7.05 Å². The Morgan fingerprint density at radius 1 is 1.22 bits per heavy atom. The quantitative estimate of drug-likeness (QED) is 0.736. The highest BCUT2D eigenvalue weighted by molar-refractivity contribution is 7.90. The second-order valence-electron chi connectivity index (χ2n) is 6.64. The number of pyridine rings is 2. The van der Waals surface area contributed by atoms with Gasteiger partial charge >= 0.3 is 0 Å². The summed E-state index contributed by atoms with van der Waals surface area (Å²) in [5, 5.41) is 3.50. The summed E-state index contributed by atoms with van der Waals surface area (Å²) in [6.07, 6.45) is 4.68. The third kappa shape index (κ3) is 3.77. The molecular weight excluding hydrogens is 366 g/mol. The van der Waals surface area contributed by atoms with Crippen molar-refractivity contribution in [2.45, 2.75) is 11.9 Å². The Labute approximate surface area is 157 Å². The van der Waals surface area contributed by atoms with E-state index in [1.807, 2.05) is 42.9 Å². The second kappa shape index (κ2) is 6.66. The lowest BCUT2D eigenvalue weighted by Gasteiger charge is -2.15. The molecule has 27 heavy (non-hydrogen) atoms. The molecule has 3 rings (SSSR count). The van der Waals surface area contributed by atoms with Gasteiger partial charge in [-0.25, -0.2) is 18.4 Å². The molecule has 0 spiro atoms. The summed E-state index contributed by atoms with van der Waals surface area (Å²) in [6.45, 7) is 1.41. The highest BCUT2D eigenvalue weighted by Crippen LogP contribution is 2.33. The Balaban J connectivity index is 2.28. The Bertz CT molecular complexity index is 1150. The molecular formula is C18H21N5O3S. The van der Waals surface area contributed by atoms with Crippen LogP contribution in [0.1, 0.15) is 6.92 Å². The predicted octanol–water partition coefficient (Wildman–Crippen LogP) is 2.06. The van der Waals surface area contributed by atoms with E-state index in [2.05, 4.69) is 15.3 Å². The zero-order valence-electron chi connectivity index (χ0n) is 15.8. The molecule has 9 heteroatoms. The van der Waals surface area contributed by atoms with E-state index in [0.29, 0.717) is 11.5 Å². The van der Waals surface area contributed by atoms with Crippen LogP contribution in [0.15, 0.2) is 35.6 Å². The third-order valence-corrected chi connectivity index (χ3v) is 5.11. The first kappa shape index (κ1) is 18.8. The summed E-state index contributed by atoms with van der Waals surface area (Å²) >= 11 is 0. The van der Waals surface area contributed by atoms with Crippen LogP contribution in [-0.2, 0) is 21.7 Å².